The minimum atomic E-state index is -0.251. The van der Waals surface area contributed by atoms with Crippen LogP contribution in [0, 0.1) is 5.82 Å². The molecule has 0 bridgehead atoms. The predicted octanol–water partition coefficient (Wildman–Crippen LogP) is 3.72. The lowest BCUT2D eigenvalue weighted by Gasteiger charge is -2.26. The second-order valence-corrected chi connectivity index (χ2v) is 6.57. The molecule has 1 fully saturated rings. The van der Waals surface area contributed by atoms with E-state index in [1.165, 1.54) is 25.3 Å². The Balaban J connectivity index is 1.65. The Bertz CT molecular complexity index is 961. The van der Waals surface area contributed by atoms with Crippen LogP contribution in [0.1, 0.15) is 24.8 Å². The first-order valence-electron chi connectivity index (χ1n) is 8.71. The summed E-state index contributed by atoms with van der Waals surface area (Å²) >= 11 is 0. The minimum absolute atomic E-state index is 0.210. The molecule has 0 saturated carbocycles. The molecular weight excluding hydrogens is 317 g/mol. The molecule has 4 rings (SSSR count). The first kappa shape index (κ1) is 16.0. The lowest BCUT2D eigenvalue weighted by Crippen LogP contribution is -2.29. The highest BCUT2D eigenvalue weighted by Gasteiger charge is 2.14. The van der Waals surface area contributed by atoms with Crippen molar-refractivity contribution in [1.82, 2.24) is 14.9 Å². The van der Waals surface area contributed by atoms with E-state index in [1.54, 1.807) is 24.3 Å². The third kappa shape index (κ3) is 3.33. The van der Waals surface area contributed by atoms with Crippen LogP contribution >= 0.6 is 0 Å². The van der Waals surface area contributed by atoms with Crippen LogP contribution < -0.4 is 5.56 Å². The standard InChI is InChI=1S/C20H20FN3O/c21-17-12-14(8-9-15(17)13-24-10-4-1-5-11-24)19-22-18-7-3-2-6-16(18)20(25)23-19/h2-3,6-9,12H,1,4-5,10-11,13H2,(H,22,23,25). The molecule has 2 aromatic carbocycles. The topological polar surface area (TPSA) is 49.0 Å². The van der Waals surface area contributed by atoms with Crippen LogP contribution in [-0.4, -0.2) is 28.0 Å². The average Bonchev–Trinajstić information content (AvgIpc) is 2.64. The van der Waals surface area contributed by atoms with Crippen molar-refractivity contribution in [3.8, 4) is 11.4 Å². The summed E-state index contributed by atoms with van der Waals surface area (Å²) in [7, 11) is 0. The molecule has 0 amide bonds. The van der Waals surface area contributed by atoms with E-state index >= 15 is 0 Å². The maximum Gasteiger partial charge on any atom is 0.259 e. The molecule has 0 aliphatic carbocycles. The van der Waals surface area contributed by atoms with E-state index in [2.05, 4.69) is 14.9 Å². The number of piperidine rings is 1. The number of benzene rings is 2. The molecule has 4 nitrogen and oxygen atoms in total. The normalized spacial score (nSPS) is 15.6. The number of aromatic nitrogens is 2. The summed E-state index contributed by atoms with van der Waals surface area (Å²) < 4.78 is 14.6. The lowest BCUT2D eigenvalue weighted by molar-refractivity contribution is 0.218. The molecule has 25 heavy (non-hydrogen) atoms. The average molecular weight is 337 g/mol. The van der Waals surface area contributed by atoms with Crippen LogP contribution in [0.5, 0.6) is 0 Å². The van der Waals surface area contributed by atoms with E-state index in [0.29, 0.717) is 34.4 Å². The van der Waals surface area contributed by atoms with Crippen LogP contribution in [0.15, 0.2) is 47.3 Å². The second kappa shape index (κ2) is 6.76. The van der Waals surface area contributed by atoms with Gasteiger partial charge in [-0.05, 0) is 44.1 Å². The van der Waals surface area contributed by atoms with E-state index in [-0.39, 0.29) is 11.4 Å². The van der Waals surface area contributed by atoms with Crippen molar-refractivity contribution in [2.24, 2.45) is 0 Å². The molecule has 1 saturated heterocycles. The van der Waals surface area contributed by atoms with Gasteiger partial charge in [-0.15, -0.1) is 0 Å². The Labute approximate surface area is 145 Å². The molecule has 2 heterocycles. The highest BCUT2D eigenvalue weighted by Crippen LogP contribution is 2.21. The molecule has 128 valence electrons. The molecule has 5 heteroatoms. The van der Waals surface area contributed by atoms with Gasteiger partial charge in [-0.1, -0.05) is 30.7 Å². The maximum absolute atomic E-state index is 14.6. The van der Waals surface area contributed by atoms with E-state index in [0.717, 1.165) is 13.1 Å². The van der Waals surface area contributed by atoms with Gasteiger partial charge < -0.3 is 4.98 Å². The largest absolute Gasteiger partial charge is 0.306 e. The van der Waals surface area contributed by atoms with Gasteiger partial charge in [0.1, 0.15) is 11.6 Å². The van der Waals surface area contributed by atoms with Gasteiger partial charge in [-0.3, -0.25) is 9.69 Å². The molecule has 0 atom stereocenters. The molecule has 1 N–H and O–H groups in total. The molecule has 1 aliphatic rings. The van der Waals surface area contributed by atoms with Crippen LogP contribution in [0.4, 0.5) is 4.39 Å². The number of H-pyrrole nitrogens is 1. The van der Waals surface area contributed by atoms with E-state index < -0.39 is 0 Å². The maximum atomic E-state index is 14.6. The van der Waals surface area contributed by atoms with Crippen molar-refractivity contribution in [3.05, 3.63) is 64.2 Å². The summed E-state index contributed by atoms with van der Waals surface area (Å²) in [6.07, 6.45) is 3.63. The Morgan fingerprint density at radius 3 is 2.68 bits per heavy atom. The fourth-order valence-corrected chi connectivity index (χ4v) is 3.40. The molecule has 3 aromatic rings. The van der Waals surface area contributed by atoms with Crippen LogP contribution in [-0.2, 0) is 6.54 Å². The number of hydrogen-bond donors (Lipinski definition) is 1. The van der Waals surface area contributed by atoms with Crippen molar-refractivity contribution in [3.63, 3.8) is 0 Å². The van der Waals surface area contributed by atoms with Gasteiger partial charge >= 0.3 is 0 Å². The van der Waals surface area contributed by atoms with Gasteiger partial charge in [0.15, 0.2) is 0 Å². The molecule has 0 radical (unpaired) electrons. The highest BCUT2D eigenvalue weighted by molar-refractivity contribution is 5.79. The van der Waals surface area contributed by atoms with E-state index in [4.69, 9.17) is 0 Å². The van der Waals surface area contributed by atoms with Gasteiger partial charge in [0.2, 0.25) is 0 Å². The summed E-state index contributed by atoms with van der Waals surface area (Å²) in [5.41, 5.74) is 1.67. The van der Waals surface area contributed by atoms with Gasteiger partial charge in [0.05, 0.1) is 10.9 Å². The number of nitrogens with one attached hydrogen (secondary N) is 1. The van der Waals surface area contributed by atoms with Crippen molar-refractivity contribution in [2.45, 2.75) is 25.8 Å². The second-order valence-electron chi connectivity index (χ2n) is 6.57. The van der Waals surface area contributed by atoms with Crippen molar-refractivity contribution in [1.29, 1.82) is 0 Å². The monoisotopic (exact) mass is 337 g/mol. The number of halogens is 1. The number of rotatable bonds is 3. The zero-order valence-electron chi connectivity index (χ0n) is 14.0. The first-order valence-corrected chi connectivity index (χ1v) is 8.71. The predicted molar refractivity (Wildman–Crippen MR) is 96.9 cm³/mol. The Hall–Kier alpha value is -2.53. The summed E-state index contributed by atoms with van der Waals surface area (Å²) in [5, 5.41) is 0.536. The Morgan fingerprint density at radius 1 is 1.08 bits per heavy atom. The fourth-order valence-electron chi connectivity index (χ4n) is 3.40. The molecular formula is C20H20FN3O. The van der Waals surface area contributed by atoms with Gasteiger partial charge in [0, 0.05) is 17.7 Å². The molecule has 0 spiro atoms. The van der Waals surface area contributed by atoms with Gasteiger partial charge in [-0.25, -0.2) is 9.37 Å². The summed E-state index contributed by atoms with van der Waals surface area (Å²) in [6, 6.07) is 12.2. The molecule has 0 unspecified atom stereocenters. The lowest BCUT2D eigenvalue weighted by atomic mass is 10.1. The zero-order valence-corrected chi connectivity index (χ0v) is 14.0. The SMILES string of the molecule is O=c1[nH]c(-c2ccc(CN3CCCCC3)c(F)c2)nc2ccccc12. The zero-order chi connectivity index (χ0) is 17.2. The minimum Gasteiger partial charge on any atom is -0.306 e. The number of nitrogens with zero attached hydrogens (tertiary/aromatic N) is 2. The van der Waals surface area contributed by atoms with Crippen molar-refractivity contribution >= 4 is 10.9 Å². The third-order valence-corrected chi connectivity index (χ3v) is 4.78. The molecule has 1 aromatic heterocycles. The first-order chi connectivity index (χ1) is 12.2. The van der Waals surface area contributed by atoms with Crippen LogP contribution in [0.2, 0.25) is 0 Å². The van der Waals surface area contributed by atoms with Crippen LogP contribution in [0.3, 0.4) is 0 Å². The summed E-state index contributed by atoms with van der Waals surface area (Å²) in [6.45, 7) is 2.69. The van der Waals surface area contributed by atoms with E-state index in [1.807, 2.05) is 12.1 Å². The third-order valence-electron chi connectivity index (χ3n) is 4.78. The Morgan fingerprint density at radius 2 is 1.88 bits per heavy atom. The highest BCUT2D eigenvalue weighted by atomic mass is 19.1. The Kier molecular flexibility index (Phi) is 4.32. The fraction of sp³-hybridized carbons (Fsp3) is 0.300. The molecule has 1 aliphatic heterocycles. The van der Waals surface area contributed by atoms with Crippen molar-refractivity contribution < 1.29 is 4.39 Å². The number of aromatic amines is 1. The number of hydrogen-bond acceptors (Lipinski definition) is 3. The van der Waals surface area contributed by atoms with Gasteiger partial charge in [-0.2, -0.15) is 0 Å². The van der Waals surface area contributed by atoms with E-state index in [9.17, 15) is 9.18 Å². The summed E-state index contributed by atoms with van der Waals surface area (Å²) in [5.74, 6) is 0.144. The smallest absolute Gasteiger partial charge is 0.259 e. The number of likely N-dealkylation sites (tertiary alicyclic amines) is 1. The van der Waals surface area contributed by atoms with Crippen molar-refractivity contribution in [2.75, 3.05) is 13.1 Å². The van der Waals surface area contributed by atoms with Crippen LogP contribution in [0.25, 0.3) is 22.3 Å². The van der Waals surface area contributed by atoms with Gasteiger partial charge in [0.25, 0.3) is 5.56 Å². The number of para-hydroxylation sites is 1. The quantitative estimate of drug-likeness (QED) is 0.792. The summed E-state index contributed by atoms with van der Waals surface area (Å²) in [4.78, 5) is 21.7. The number of fused-ring (bicyclic) bond motifs is 1.